The van der Waals surface area contributed by atoms with Crippen LogP contribution in [0.5, 0.6) is 0 Å². The van der Waals surface area contributed by atoms with E-state index >= 15 is 0 Å². The van der Waals surface area contributed by atoms with Crippen molar-refractivity contribution >= 4 is 24.2 Å². The summed E-state index contributed by atoms with van der Waals surface area (Å²) < 4.78 is 0. The van der Waals surface area contributed by atoms with Crippen molar-refractivity contribution in [2.45, 2.75) is 95.2 Å². The molecule has 1 unspecified atom stereocenters. The van der Waals surface area contributed by atoms with Gasteiger partial charge in [-0.1, -0.05) is 0 Å². The Morgan fingerprint density at radius 1 is 0.893 bits per heavy atom. The molecule has 0 spiro atoms. The highest BCUT2D eigenvalue weighted by atomic mass is 35.5. The molecule has 1 saturated heterocycles. The molecule has 6 aliphatic rings. The Morgan fingerprint density at radius 3 is 2.04 bits per heavy atom. The topological polar surface area (TPSA) is 75.4 Å². The first kappa shape index (κ1) is 20.5. The Labute approximate surface area is 174 Å². The van der Waals surface area contributed by atoms with Gasteiger partial charge in [0.05, 0.1) is 5.41 Å². The molecule has 158 valence electrons. The highest BCUT2D eigenvalue weighted by molar-refractivity contribution is 5.91. The fourth-order valence-corrected chi connectivity index (χ4v) is 7.52. The van der Waals surface area contributed by atoms with Gasteiger partial charge in [-0.25, -0.2) is 0 Å². The number of carbonyl (C=O) groups excluding carboxylic acids is 2. The third-order valence-corrected chi connectivity index (χ3v) is 8.43. The largest absolute Gasteiger partial charge is 0.352 e. The normalized spacial score (nSPS) is 44.2. The first-order chi connectivity index (χ1) is 13.0. The van der Waals surface area contributed by atoms with E-state index in [1.165, 1.54) is 19.3 Å². The molecule has 6 heteroatoms. The predicted octanol–water partition coefficient (Wildman–Crippen LogP) is 3.00. The van der Waals surface area contributed by atoms with Crippen molar-refractivity contribution in [3.63, 3.8) is 0 Å². The molecular formula is C22H36ClN3O2. The Morgan fingerprint density at radius 2 is 1.46 bits per heavy atom. The molecule has 6 rings (SSSR count). The zero-order chi connectivity index (χ0) is 18.6. The van der Waals surface area contributed by atoms with Gasteiger partial charge in [0.15, 0.2) is 0 Å². The van der Waals surface area contributed by atoms with Crippen LogP contribution in [0.2, 0.25) is 0 Å². The van der Waals surface area contributed by atoms with E-state index in [4.69, 9.17) is 5.73 Å². The number of nitrogens with zero attached hydrogens (tertiary/aromatic N) is 1. The van der Waals surface area contributed by atoms with Crippen LogP contribution in [-0.2, 0) is 9.59 Å². The lowest BCUT2D eigenvalue weighted by Gasteiger charge is -2.56. The molecule has 1 heterocycles. The number of likely N-dealkylation sites (tertiary alicyclic amines) is 1. The van der Waals surface area contributed by atoms with E-state index in [2.05, 4.69) is 5.32 Å². The van der Waals surface area contributed by atoms with Gasteiger partial charge in [-0.05, 0) is 94.8 Å². The smallest absolute Gasteiger partial charge is 0.243 e. The lowest BCUT2D eigenvalue weighted by molar-refractivity contribution is -0.160. The van der Waals surface area contributed by atoms with E-state index in [1.54, 1.807) is 0 Å². The van der Waals surface area contributed by atoms with Crippen LogP contribution in [0.15, 0.2) is 0 Å². The molecule has 1 aliphatic heterocycles. The quantitative estimate of drug-likeness (QED) is 0.752. The van der Waals surface area contributed by atoms with Crippen molar-refractivity contribution in [2.24, 2.45) is 28.9 Å². The van der Waals surface area contributed by atoms with Gasteiger partial charge in [0.2, 0.25) is 11.8 Å². The van der Waals surface area contributed by atoms with Gasteiger partial charge in [0.1, 0.15) is 6.04 Å². The molecule has 0 aromatic carbocycles. The zero-order valence-electron chi connectivity index (χ0n) is 16.9. The molecule has 0 radical (unpaired) electrons. The van der Waals surface area contributed by atoms with Crippen LogP contribution in [0.3, 0.4) is 0 Å². The summed E-state index contributed by atoms with van der Waals surface area (Å²) in [5, 5.41) is 3.25. The van der Waals surface area contributed by atoms with Crippen LogP contribution in [0.4, 0.5) is 0 Å². The van der Waals surface area contributed by atoms with Crippen molar-refractivity contribution in [3.05, 3.63) is 0 Å². The maximum absolute atomic E-state index is 13.7. The molecule has 5 saturated carbocycles. The predicted molar refractivity (Wildman–Crippen MR) is 111 cm³/mol. The first-order valence-corrected chi connectivity index (χ1v) is 11.4. The average molecular weight is 410 g/mol. The fourth-order valence-electron chi connectivity index (χ4n) is 7.52. The van der Waals surface area contributed by atoms with E-state index < -0.39 is 0 Å². The molecule has 1 atom stereocenters. The minimum absolute atomic E-state index is 0. The van der Waals surface area contributed by atoms with Gasteiger partial charge in [-0.3, -0.25) is 9.59 Å². The third-order valence-electron chi connectivity index (χ3n) is 8.43. The van der Waals surface area contributed by atoms with Gasteiger partial charge < -0.3 is 16.0 Å². The number of hydrogen-bond acceptors (Lipinski definition) is 3. The van der Waals surface area contributed by atoms with Gasteiger partial charge in [-0.15, -0.1) is 12.4 Å². The maximum Gasteiger partial charge on any atom is 0.243 e. The average Bonchev–Trinajstić information content (AvgIpc) is 3.11. The minimum atomic E-state index is -0.235. The molecule has 5 aliphatic carbocycles. The van der Waals surface area contributed by atoms with Crippen molar-refractivity contribution in [3.8, 4) is 0 Å². The second-order valence-electron chi connectivity index (χ2n) is 10.5. The summed E-state index contributed by atoms with van der Waals surface area (Å²) in [6.07, 6.45) is 13.0. The molecule has 28 heavy (non-hydrogen) atoms. The van der Waals surface area contributed by atoms with Crippen LogP contribution < -0.4 is 11.1 Å². The summed E-state index contributed by atoms with van der Waals surface area (Å²) >= 11 is 0. The van der Waals surface area contributed by atoms with Crippen LogP contribution in [-0.4, -0.2) is 41.4 Å². The first-order valence-electron chi connectivity index (χ1n) is 11.4. The van der Waals surface area contributed by atoms with Crippen molar-refractivity contribution in [1.29, 1.82) is 0 Å². The molecule has 6 fully saturated rings. The molecular weight excluding hydrogens is 374 g/mol. The van der Waals surface area contributed by atoms with Crippen LogP contribution in [0.25, 0.3) is 0 Å². The Bertz CT molecular complexity index is 582. The molecule has 0 aromatic heterocycles. The number of nitrogens with one attached hydrogen (secondary N) is 1. The Hall–Kier alpha value is -0.810. The summed E-state index contributed by atoms with van der Waals surface area (Å²) in [5.41, 5.74) is 5.86. The number of nitrogens with two attached hydrogens (primary N) is 1. The summed E-state index contributed by atoms with van der Waals surface area (Å²) in [5.74, 6) is 2.71. The number of amides is 2. The van der Waals surface area contributed by atoms with Crippen molar-refractivity contribution < 1.29 is 9.59 Å². The van der Waals surface area contributed by atoms with Gasteiger partial charge in [-0.2, -0.15) is 0 Å². The third kappa shape index (κ3) is 3.58. The molecule has 3 N–H and O–H groups in total. The van der Waals surface area contributed by atoms with Gasteiger partial charge in [0, 0.05) is 18.6 Å². The molecule has 4 bridgehead atoms. The minimum Gasteiger partial charge on any atom is -0.352 e. The Balaban J connectivity index is 0.00000192. The highest BCUT2D eigenvalue weighted by Crippen LogP contribution is 2.60. The van der Waals surface area contributed by atoms with Crippen LogP contribution in [0.1, 0.15) is 77.0 Å². The van der Waals surface area contributed by atoms with E-state index in [0.29, 0.717) is 11.9 Å². The van der Waals surface area contributed by atoms with Crippen LogP contribution >= 0.6 is 12.4 Å². The summed E-state index contributed by atoms with van der Waals surface area (Å²) in [7, 11) is 0. The summed E-state index contributed by atoms with van der Waals surface area (Å²) in [6, 6.07) is 0.300. The van der Waals surface area contributed by atoms with Crippen molar-refractivity contribution in [2.75, 3.05) is 6.54 Å². The van der Waals surface area contributed by atoms with Gasteiger partial charge >= 0.3 is 0 Å². The number of hydrogen-bond donors (Lipinski definition) is 2. The second-order valence-corrected chi connectivity index (χ2v) is 10.5. The van der Waals surface area contributed by atoms with Gasteiger partial charge in [0.25, 0.3) is 0 Å². The second kappa shape index (κ2) is 7.79. The monoisotopic (exact) mass is 409 g/mol. The lowest BCUT2D eigenvalue weighted by atomic mass is 9.49. The van der Waals surface area contributed by atoms with E-state index in [1.807, 2.05) is 4.90 Å². The number of halogens is 1. The Kier molecular flexibility index (Phi) is 5.69. The van der Waals surface area contributed by atoms with Crippen LogP contribution in [0, 0.1) is 23.2 Å². The van der Waals surface area contributed by atoms with E-state index in [-0.39, 0.29) is 35.8 Å². The fraction of sp³-hybridized carbons (Fsp3) is 0.909. The molecule has 2 amide bonds. The van der Waals surface area contributed by atoms with Crippen molar-refractivity contribution in [1.82, 2.24) is 10.2 Å². The maximum atomic E-state index is 13.7. The van der Waals surface area contributed by atoms with E-state index in [9.17, 15) is 9.59 Å². The highest BCUT2D eigenvalue weighted by Gasteiger charge is 2.56. The standard InChI is InChI=1S/C22H35N3O2.ClH/c23-17-3-5-18(6-4-17)24-20(26)19-2-1-7-25(19)21(27)22-11-14-8-15(12-22)10-16(9-14)13-22;/h14-19H,1-13,23H2,(H,24,26);1H. The zero-order valence-corrected chi connectivity index (χ0v) is 17.7. The number of rotatable bonds is 3. The number of carbonyl (C=O) groups is 2. The molecule has 5 nitrogen and oxygen atoms in total. The SMILES string of the molecule is Cl.NC1CCC(NC(=O)C2CCCN2C(=O)C23CC4CC(CC(C4)C2)C3)CC1. The van der Waals surface area contributed by atoms with E-state index in [0.717, 1.165) is 82.1 Å². The lowest BCUT2D eigenvalue weighted by Crippen LogP contribution is -2.57. The summed E-state index contributed by atoms with van der Waals surface area (Å²) in [4.78, 5) is 28.7. The molecule has 0 aromatic rings. The summed E-state index contributed by atoms with van der Waals surface area (Å²) in [6.45, 7) is 0.772.